The molecule has 1 fully saturated rings. The molecule has 200 valence electrons. The minimum absolute atomic E-state index is 0.0487. The summed E-state index contributed by atoms with van der Waals surface area (Å²) in [5.41, 5.74) is 3.60. The van der Waals surface area contributed by atoms with Crippen LogP contribution >= 0.6 is 0 Å². The maximum atomic E-state index is 12.5. The van der Waals surface area contributed by atoms with Crippen LogP contribution in [0.25, 0.3) is 11.1 Å². The zero-order valence-corrected chi connectivity index (χ0v) is 22.6. The van der Waals surface area contributed by atoms with E-state index in [0.717, 1.165) is 47.7 Å². The van der Waals surface area contributed by atoms with Gasteiger partial charge in [0.05, 0.1) is 13.2 Å². The van der Waals surface area contributed by atoms with Gasteiger partial charge in [-0.1, -0.05) is 39.0 Å². The first-order valence-electron chi connectivity index (χ1n) is 13.3. The number of nitrogens with zero attached hydrogens (tertiary/aromatic N) is 1. The number of amides is 2. The van der Waals surface area contributed by atoms with E-state index in [1.165, 1.54) is 5.56 Å². The Kier molecular flexibility index (Phi) is 6.95. The number of benzene rings is 2. The van der Waals surface area contributed by atoms with Crippen molar-refractivity contribution >= 4 is 12.0 Å². The van der Waals surface area contributed by atoms with E-state index in [0.29, 0.717) is 31.8 Å². The molecule has 7 nitrogen and oxygen atoms in total. The molecule has 3 heterocycles. The minimum atomic E-state index is -0.268. The smallest absolute Gasteiger partial charge is 0.409 e. The topological polar surface area (TPSA) is 81.0 Å². The number of fused-ring (bicyclic) bond motifs is 1. The number of rotatable bonds is 5. The molecule has 7 heteroatoms. The second-order valence-electron chi connectivity index (χ2n) is 11.7. The van der Waals surface area contributed by atoms with Gasteiger partial charge in [-0.3, -0.25) is 4.79 Å². The van der Waals surface area contributed by atoms with Gasteiger partial charge >= 0.3 is 6.09 Å². The number of hydrogen-bond donors (Lipinski definition) is 1. The van der Waals surface area contributed by atoms with Gasteiger partial charge in [0.15, 0.2) is 0 Å². The molecule has 0 aliphatic carbocycles. The molecule has 0 radical (unpaired) electrons. The predicted octanol–water partition coefficient (Wildman–Crippen LogP) is 6.14. The van der Waals surface area contributed by atoms with Crippen LogP contribution in [0.2, 0.25) is 0 Å². The lowest BCUT2D eigenvalue weighted by Crippen LogP contribution is -2.49. The van der Waals surface area contributed by atoms with Gasteiger partial charge in [-0.05, 0) is 65.4 Å². The lowest BCUT2D eigenvalue weighted by molar-refractivity contribution is 0.00956. The number of carbonyl (C=O) groups is 2. The Bertz CT molecular complexity index is 1310. The van der Waals surface area contributed by atoms with Crippen molar-refractivity contribution in [3.8, 4) is 16.9 Å². The van der Waals surface area contributed by atoms with Crippen molar-refractivity contribution in [2.75, 3.05) is 19.7 Å². The second kappa shape index (κ2) is 10.2. The molecule has 1 spiro atoms. The van der Waals surface area contributed by atoms with E-state index in [2.05, 4.69) is 38.2 Å². The molecule has 5 rings (SSSR count). The molecular weight excluding hydrogens is 480 g/mol. The minimum Gasteiger partial charge on any atom is -0.487 e. The molecule has 0 atom stereocenters. The zero-order valence-electron chi connectivity index (χ0n) is 22.6. The number of ether oxygens (including phenoxy) is 2. The highest BCUT2D eigenvalue weighted by molar-refractivity contribution is 5.94. The fraction of sp³-hybridized carbons (Fsp3) is 0.419. The van der Waals surface area contributed by atoms with Crippen LogP contribution in [-0.2, 0) is 17.7 Å². The molecule has 1 saturated heterocycles. The highest BCUT2D eigenvalue weighted by Crippen LogP contribution is 2.42. The number of furan rings is 1. The fourth-order valence-corrected chi connectivity index (χ4v) is 5.02. The zero-order chi connectivity index (χ0) is 26.9. The van der Waals surface area contributed by atoms with E-state index >= 15 is 0 Å². The molecule has 0 unspecified atom stereocenters. The van der Waals surface area contributed by atoms with Crippen LogP contribution in [-0.4, -0.2) is 42.2 Å². The molecular formula is C31H36N2O5. The number of carbonyl (C=O) groups excluding carboxylic acids is 2. The van der Waals surface area contributed by atoms with Crippen molar-refractivity contribution in [1.29, 1.82) is 0 Å². The van der Waals surface area contributed by atoms with Crippen LogP contribution in [0.4, 0.5) is 4.79 Å². The summed E-state index contributed by atoms with van der Waals surface area (Å²) in [6, 6.07) is 17.7. The summed E-state index contributed by atoms with van der Waals surface area (Å²) in [7, 11) is 0. The van der Waals surface area contributed by atoms with Crippen LogP contribution in [0, 0.1) is 12.3 Å². The Balaban J connectivity index is 1.18. The molecule has 2 amide bonds. The Morgan fingerprint density at radius 1 is 1.00 bits per heavy atom. The normalized spacial score (nSPS) is 16.2. The third-order valence-electron chi connectivity index (χ3n) is 7.16. The van der Waals surface area contributed by atoms with Gasteiger partial charge in [-0.2, -0.15) is 0 Å². The summed E-state index contributed by atoms with van der Waals surface area (Å²) in [6.45, 7) is 10.1. The molecule has 3 aromatic rings. The Morgan fingerprint density at radius 2 is 1.71 bits per heavy atom. The van der Waals surface area contributed by atoms with Crippen LogP contribution < -0.4 is 10.1 Å². The fourth-order valence-electron chi connectivity index (χ4n) is 5.02. The monoisotopic (exact) mass is 516 g/mol. The molecule has 38 heavy (non-hydrogen) atoms. The highest BCUT2D eigenvalue weighted by Gasteiger charge is 2.43. The Hall–Kier alpha value is -3.74. The number of aryl methyl sites for hydroxylation is 1. The SMILES string of the molecule is Cc1ccc(CNC(=O)c2ccc(-c3ccc4c(c3)CC3(CCN(C(=O)OCC(C)(C)C)CC3)O4)cc2)o1. The maximum Gasteiger partial charge on any atom is 0.409 e. The van der Waals surface area contributed by atoms with Crippen molar-refractivity contribution in [2.45, 2.75) is 59.1 Å². The Labute approximate surface area is 224 Å². The van der Waals surface area contributed by atoms with E-state index in [1.54, 1.807) is 4.90 Å². The first-order valence-corrected chi connectivity index (χ1v) is 13.3. The van der Waals surface area contributed by atoms with E-state index in [1.807, 2.05) is 49.4 Å². The third-order valence-corrected chi connectivity index (χ3v) is 7.16. The summed E-state index contributed by atoms with van der Waals surface area (Å²) in [5, 5.41) is 2.90. The molecule has 2 aliphatic heterocycles. The number of piperidine rings is 1. The molecule has 1 N–H and O–H groups in total. The molecule has 2 aliphatic rings. The van der Waals surface area contributed by atoms with Gasteiger partial charge in [-0.25, -0.2) is 4.79 Å². The number of nitrogens with one attached hydrogen (secondary N) is 1. The summed E-state index contributed by atoms with van der Waals surface area (Å²) < 4.78 is 17.5. The van der Waals surface area contributed by atoms with Crippen LogP contribution in [0.1, 0.15) is 61.1 Å². The summed E-state index contributed by atoms with van der Waals surface area (Å²) >= 11 is 0. The van der Waals surface area contributed by atoms with E-state index in [9.17, 15) is 9.59 Å². The first kappa shape index (κ1) is 25.9. The van der Waals surface area contributed by atoms with Gasteiger partial charge in [0, 0.05) is 37.9 Å². The number of hydrogen-bond acceptors (Lipinski definition) is 5. The molecule has 0 bridgehead atoms. The number of likely N-dealkylation sites (tertiary alicyclic amines) is 1. The predicted molar refractivity (Wildman–Crippen MR) is 145 cm³/mol. The van der Waals surface area contributed by atoms with E-state index < -0.39 is 0 Å². The average Bonchev–Trinajstić information content (AvgIpc) is 3.47. The summed E-state index contributed by atoms with van der Waals surface area (Å²) in [6.07, 6.45) is 2.15. The van der Waals surface area contributed by atoms with Crippen LogP contribution in [0.3, 0.4) is 0 Å². The van der Waals surface area contributed by atoms with Crippen molar-refractivity contribution in [2.24, 2.45) is 5.41 Å². The van der Waals surface area contributed by atoms with Gasteiger partial charge in [0.25, 0.3) is 5.91 Å². The average molecular weight is 517 g/mol. The first-order chi connectivity index (χ1) is 18.1. The molecule has 2 aromatic carbocycles. The summed E-state index contributed by atoms with van der Waals surface area (Å²) in [4.78, 5) is 26.8. The lowest BCUT2D eigenvalue weighted by atomic mass is 9.86. The quantitative estimate of drug-likeness (QED) is 0.441. The lowest BCUT2D eigenvalue weighted by Gasteiger charge is -2.38. The van der Waals surface area contributed by atoms with Gasteiger partial charge < -0.3 is 24.1 Å². The van der Waals surface area contributed by atoms with E-state index in [4.69, 9.17) is 13.9 Å². The van der Waals surface area contributed by atoms with Crippen molar-refractivity contribution in [3.05, 3.63) is 77.2 Å². The second-order valence-corrected chi connectivity index (χ2v) is 11.7. The highest BCUT2D eigenvalue weighted by atomic mass is 16.6. The van der Waals surface area contributed by atoms with Gasteiger partial charge in [0.1, 0.15) is 22.9 Å². The molecule has 0 saturated carbocycles. The summed E-state index contributed by atoms with van der Waals surface area (Å²) in [5.74, 6) is 2.34. The maximum absolute atomic E-state index is 12.5. The Morgan fingerprint density at radius 3 is 2.37 bits per heavy atom. The van der Waals surface area contributed by atoms with Crippen molar-refractivity contribution in [1.82, 2.24) is 10.2 Å². The van der Waals surface area contributed by atoms with Crippen molar-refractivity contribution < 1.29 is 23.5 Å². The van der Waals surface area contributed by atoms with Crippen LogP contribution in [0.15, 0.2) is 59.0 Å². The largest absolute Gasteiger partial charge is 0.487 e. The van der Waals surface area contributed by atoms with E-state index in [-0.39, 0.29) is 23.0 Å². The van der Waals surface area contributed by atoms with Gasteiger partial charge in [0.2, 0.25) is 0 Å². The van der Waals surface area contributed by atoms with Crippen molar-refractivity contribution in [3.63, 3.8) is 0 Å². The van der Waals surface area contributed by atoms with Gasteiger partial charge in [-0.15, -0.1) is 0 Å². The molecule has 1 aromatic heterocycles. The van der Waals surface area contributed by atoms with Crippen LogP contribution in [0.5, 0.6) is 5.75 Å². The third kappa shape index (κ3) is 5.87. The standard InChI is InChI=1S/C31H36N2O5/c1-21-5-11-26(37-21)19-32-28(34)23-8-6-22(7-9-23)24-10-12-27-25(17-24)18-31(38-27)13-15-33(16-14-31)29(35)36-20-30(2,3)4/h5-12,17H,13-16,18-20H2,1-4H3,(H,32,34).